The van der Waals surface area contributed by atoms with Gasteiger partial charge < -0.3 is 9.47 Å². The van der Waals surface area contributed by atoms with Crippen LogP contribution in [0.5, 0.6) is 0 Å². The Morgan fingerprint density at radius 2 is 1.33 bits per heavy atom. The van der Waals surface area contributed by atoms with Crippen molar-refractivity contribution in [2.45, 2.75) is 53.4 Å². The fourth-order valence-corrected chi connectivity index (χ4v) is 1.65. The summed E-state index contributed by atoms with van der Waals surface area (Å²) in [7, 11) is 0. The molecule has 104 valence electrons. The summed E-state index contributed by atoms with van der Waals surface area (Å²) in [5, 5.41) is 0. The van der Waals surface area contributed by atoms with Crippen molar-refractivity contribution < 1.29 is 19.1 Å². The van der Waals surface area contributed by atoms with E-state index in [9.17, 15) is 9.59 Å². The smallest absolute Gasteiger partial charge is 0.334 e. The van der Waals surface area contributed by atoms with E-state index in [0.717, 1.165) is 12.8 Å². The highest BCUT2D eigenvalue weighted by Crippen LogP contribution is 2.18. The van der Waals surface area contributed by atoms with Gasteiger partial charge in [-0.05, 0) is 33.1 Å². The number of carbonyl (C=O) groups excluding carboxylic acids is 2. The van der Waals surface area contributed by atoms with Crippen molar-refractivity contribution in [3.05, 3.63) is 11.1 Å². The van der Waals surface area contributed by atoms with Crippen LogP contribution in [0.15, 0.2) is 11.1 Å². The van der Waals surface area contributed by atoms with E-state index in [-0.39, 0.29) is 0 Å². The second-order valence-corrected chi connectivity index (χ2v) is 3.86. The zero-order valence-electron chi connectivity index (χ0n) is 11.9. The third kappa shape index (κ3) is 5.34. The van der Waals surface area contributed by atoms with Gasteiger partial charge >= 0.3 is 11.9 Å². The molecule has 0 unspecified atom stereocenters. The first-order valence-corrected chi connectivity index (χ1v) is 6.68. The highest BCUT2D eigenvalue weighted by molar-refractivity contribution is 6.00. The molecule has 0 fully saturated rings. The van der Waals surface area contributed by atoms with Crippen LogP contribution < -0.4 is 0 Å². The lowest BCUT2D eigenvalue weighted by Crippen LogP contribution is -2.16. The zero-order valence-corrected chi connectivity index (χ0v) is 11.9. The average Bonchev–Trinajstić information content (AvgIpc) is 2.34. The Bertz CT molecular complexity index is 305. The summed E-state index contributed by atoms with van der Waals surface area (Å²) >= 11 is 0. The number of esters is 2. The topological polar surface area (TPSA) is 52.6 Å². The van der Waals surface area contributed by atoms with Gasteiger partial charge in [0.1, 0.15) is 0 Å². The van der Waals surface area contributed by atoms with Gasteiger partial charge in [-0.1, -0.05) is 20.3 Å². The molecule has 0 radical (unpaired) electrons. The SMILES string of the molecule is CCCC/C(C(=O)OCC)=C(\CC)C(=O)OCC. The lowest BCUT2D eigenvalue weighted by atomic mass is 10.0. The van der Waals surface area contributed by atoms with Crippen molar-refractivity contribution >= 4 is 11.9 Å². The number of hydrogen-bond donors (Lipinski definition) is 0. The molecule has 0 aliphatic carbocycles. The minimum Gasteiger partial charge on any atom is -0.463 e. The minimum atomic E-state index is -0.404. The maximum absolute atomic E-state index is 11.9. The molecule has 18 heavy (non-hydrogen) atoms. The summed E-state index contributed by atoms with van der Waals surface area (Å²) in [6.45, 7) is 8.02. The molecular formula is C14H24O4. The van der Waals surface area contributed by atoms with Crippen molar-refractivity contribution in [3.63, 3.8) is 0 Å². The summed E-state index contributed by atoms with van der Waals surface area (Å²) in [5.74, 6) is -0.796. The molecule has 0 N–H and O–H groups in total. The van der Waals surface area contributed by atoms with E-state index in [1.165, 1.54) is 0 Å². The fourth-order valence-electron chi connectivity index (χ4n) is 1.65. The van der Waals surface area contributed by atoms with Gasteiger partial charge in [0.2, 0.25) is 0 Å². The molecule has 0 aromatic rings. The maximum Gasteiger partial charge on any atom is 0.334 e. The van der Waals surface area contributed by atoms with Crippen molar-refractivity contribution in [1.82, 2.24) is 0 Å². The molecule has 0 heterocycles. The van der Waals surface area contributed by atoms with Gasteiger partial charge in [-0.2, -0.15) is 0 Å². The molecule has 0 spiro atoms. The highest BCUT2D eigenvalue weighted by atomic mass is 16.5. The average molecular weight is 256 g/mol. The van der Waals surface area contributed by atoms with E-state index < -0.39 is 11.9 Å². The number of carbonyl (C=O) groups is 2. The Hall–Kier alpha value is -1.32. The van der Waals surface area contributed by atoms with Crippen molar-refractivity contribution in [2.75, 3.05) is 13.2 Å². The van der Waals surface area contributed by atoms with Crippen molar-refractivity contribution in [2.24, 2.45) is 0 Å². The third-order valence-corrected chi connectivity index (χ3v) is 2.54. The second kappa shape index (κ2) is 9.68. The van der Waals surface area contributed by atoms with Gasteiger partial charge in [-0.15, -0.1) is 0 Å². The Morgan fingerprint density at radius 1 is 0.833 bits per heavy atom. The van der Waals surface area contributed by atoms with E-state index in [1.54, 1.807) is 13.8 Å². The summed E-state index contributed by atoms with van der Waals surface area (Å²) in [4.78, 5) is 23.7. The van der Waals surface area contributed by atoms with Crippen LogP contribution in [-0.2, 0) is 19.1 Å². The van der Waals surface area contributed by atoms with Gasteiger partial charge in [0.15, 0.2) is 0 Å². The van der Waals surface area contributed by atoms with Crippen molar-refractivity contribution in [1.29, 1.82) is 0 Å². The monoisotopic (exact) mass is 256 g/mol. The number of hydrogen-bond acceptors (Lipinski definition) is 4. The second-order valence-electron chi connectivity index (χ2n) is 3.86. The Labute approximate surface area is 109 Å². The molecular weight excluding hydrogens is 232 g/mol. The lowest BCUT2D eigenvalue weighted by Gasteiger charge is -2.12. The third-order valence-electron chi connectivity index (χ3n) is 2.54. The highest BCUT2D eigenvalue weighted by Gasteiger charge is 2.21. The molecule has 0 amide bonds. The minimum absolute atomic E-state index is 0.312. The van der Waals surface area contributed by atoms with Crippen LogP contribution in [0.3, 0.4) is 0 Å². The van der Waals surface area contributed by atoms with Gasteiger partial charge in [-0.3, -0.25) is 0 Å². The number of ether oxygens (including phenoxy) is 2. The molecule has 0 aliphatic rings. The normalized spacial score (nSPS) is 11.8. The lowest BCUT2D eigenvalue weighted by molar-refractivity contribution is -0.142. The predicted octanol–water partition coefficient (Wildman–Crippen LogP) is 3.01. The van der Waals surface area contributed by atoms with Crippen LogP contribution in [-0.4, -0.2) is 25.2 Å². The Balaban J connectivity index is 5.15. The Kier molecular flexibility index (Phi) is 8.97. The maximum atomic E-state index is 11.9. The molecule has 4 nitrogen and oxygen atoms in total. The van der Waals surface area contributed by atoms with Gasteiger partial charge in [0.25, 0.3) is 0 Å². The van der Waals surface area contributed by atoms with E-state index in [4.69, 9.17) is 9.47 Å². The standard InChI is InChI=1S/C14H24O4/c1-5-9-10-12(14(16)18-8-4)11(6-2)13(15)17-7-3/h5-10H2,1-4H3/b12-11-. The van der Waals surface area contributed by atoms with Crippen LogP contribution >= 0.6 is 0 Å². The summed E-state index contributed by atoms with van der Waals surface area (Å²) in [6.07, 6.45) is 2.87. The molecule has 0 saturated carbocycles. The molecule has 0 rings (SSSR count). The Morgan fingerprint density at radius 3 is 1.72 bits per heavy atom. The number of unbranched alkanes of at least 4 members (excludes halogenated alkanes) is 1. The largest absolute Gasteiger partial charge is 0.463 e. The first-order valence-electron chi connectivity index (χ1n) is 6.68. The molecule has 0 atom stereocenters. The van der Waals surface area contributed by atoms with E-state index >= 15 is 0 Å². The van der Waals surface area contributed by atoms with Crippen LogP contribution in [0.4, 0.5) is 0 Å². The van der Waals surface area contributed by atoms with Crippen molar-refractivity contribution in [3.8, 4) is 0 Å². The molecule has 0 aromatic heterocycles. The van der Waals surface area contributed by atoms with Crippen LogP contribution in [0.1, 0.15) is 53.4 Å². The summed E-state index contributed by atoms with van der Waals surface area (Å²) in [6, 6.07) is 0. The van der Waals surface area contributed by atoms with Gasteiger partial charge in [0.05, 0.1) is 13.2 Å². The first-order chi connectivity index (χ1) is 8.62. The van der Waals surface area contributed by atoms with Crippen LogP contribution in [0.25, 0.3) is 0 Å². The van der Waals surface area contributed by atoms with E-state index in [1.807, 2.05) is 13.8 Å². The van der Waals surface area contributed by atoms with Gasteiger partial charge in [-0.25, -0.2) is 9.59 Å². The summed E-state index contributed by atoms with van der Waals surface area (Å²) in [5.41, 5.74) is 0.920. The quantitative estimate of drug-likeness (QED) is 0.495. The molecule has 0 saturated heterocycles. The number of rotatable bonds is 8. The fraction of sp³-hybridized carbons (Fsp3) is 0.714. The van der Waals surface area contributed by atoms with E-state index in [0.29, 0.717) is 37.2 Å². The first kappa shape index (κ1) is 16.7. The molecule has 0 bridgehead atoms. The summed E-state index contributed by atoms with van der Waals surface area (Å²) < 4.78 is 9.99. The van der Waals surface area contributed by atoms with E-state index in [2.05, 4.69) is 0 Å². The molecule has 0 aliphatic heterocycles. The molecule has 0 aromatic carbocycles. The van der Waals surface area contributed by atoms with Crippen LogP contribution in [0.2, 0.25) is 0 Å². The van der Waals surface area contributed by atoms with Crippen LogP contribution in [0, 0.1) is 0 Å². The zero-order chi connectivity index (χ0) is 14.0. The molecule has 4 heteroatoms. The predicted molar refractivity (Wildman–Crippen MR) is 70.1 cm³/mol. The van der Waals surface area contributed by atoms with Gasteiger partial charge in [0, 0.05) is 11.1 Å².